The van der Waals surface area contributed by atoms with Crippen LogP contribution in [0.2, 0.25) is 0 Å². The maximum absolute atomic E-state index is 12.1. The molecule has 0 aliphatic carbocycles. The standard InChI is InChI=1S/C13H17N5O2S/c19-13(14-4-3-9-2-1-5-20-7-9)11-6-10(8-21-11)12-15-17-18-16-12/h6,8-9H,1-5,7H2,(H,14,19)(H,15,16,17,18). The van der Waals surface area contributed by atoms with Crippen molar-refractivity contribution in [2.24, 2.45) is 5.92 Å². The van der Waals surface area contributed by atoms with Gasteiger partial charge in [-0.3, -0.25) is 4.79 Å². The maximum Gasteiger partial charge on any atom is 0.261 e. The topological polar surface area (TPSA) is 92.8 Å². The Kier molecular flexibility index (Phi) is 4.56. The summed E-state index contributed by atoms with van der Waals surface area (Å²) in [7, 11) is 0. The predicted octanol–water partition coefficient (Wildman–Crippen LogP) is 1.47. The van der Waals surface area contributed by atoms with Gasteiger partial charge in [0.25, 0.3) is 5.91 Å². The van der Waals surface area contributed by atoms with Gasteiger partial charge in [-0.05, 0) is 36.5 Å². The largest absolute Gasteiger partial charge is 0.381 e. The molecule has 1 aliphatic heterocycles. The lowest BCUT2D eigenvalue weighted by molar-refractivity contribution is 0.0514. The minimum Gasteiger partial charge on any atom is -0.381 e. The van der Waals surface area contributed by atoms with Crippen molar-refractivity contribution in [1.29, 1.82) is 0 Å². The number of rotatable bonds is 5. The number of tetrazole rings is 1. The fourth-order valence-electron chi connectivity index (χ4n) is 2.37. The lowest BCUT2D eigenvalue weighted by Gasteiger charge is -2.21. The number of ether oxygens (including phenoxy) is 1. The zero-order chi connectivity index (χ0) is 14.5. The van der Waals surface area contributed by atoms with Crippen molar-refractivity contribution in [2.45, 2.75) is 19.3 Å². The van der Waals surface area contributed by atoms with Crippen LogP contribution in [-0.2, 0) is 4.74 Å². The molecule has 3 rings (SSSR count). The van der Waals surface area contributed by atoms with Gasteiger partial charge in [0.2, 0.25) is 5.82 Å². The first-order chi connectivity index (χ1) is 10.3. The molecule has 1 aliphatic rings. The lowest BCUT2D eigenvalue weighted by atomic mass is 9.99. The molecule has 2 N–H and O–H groups in total. The highest BCUT2D eigenvalue weighted by molar-refractivity contribution is 7.12. The molecule has 0 saturated carbocycles. The summed E-state index contributed by atoms with van der Waals surface area (Å²) in [5.41, 5.74) is 0.805. The Balaban J connectivity index is 1.49. The molecule has 2 aromatic rings. The van der Waals surface area contributed by atoms with E-state index < -0.39 is 0 Å². The van der Waals surface area contributed by atoms with Crippen LogP contribution in [0.3, 0.4) is 0 Å². The van der Waals surface area contributed by atoms with Crippen molar-refractivity contribution >= 4 is 17.2 Å². The van der Waals surface area contributed by atoms with E-state index in [1.807, 2.05) is 5.38 Å². The Morgan fingerprint density at radius 2 is 2.52 bits per heavy atom. The predicted molar refractivity (Wildman–Crippen MR) is 78.0 cm³/mol. The van der Waals surface area contributed by atoms with Crippen molar-refractivity contribution < 1.29 is 9.53 Å². The highest BCUT2D eigenvalue weighted by Crippen LogP contribution is 2.22. The van der Waals surface area contributed by atoms with Crippen LogP contribution in [0.1, 0.15) is 28.9 Å². The number of nitrogens with zero attached hydrogens (tertiary/aromatic N) is 3. The molecule has 1 atom stereocenters. The number of nitrogens with one attached hydrogen (secondary N) is 2. The molecule has 8 heteroatoms. The highest BCUT2D eigenvalue weighted by Gasteiger charge is 2.15. The number of thiophene rings is 1. The van der Waals surface area contributed by atoms with Crippen molar-refractivity contribution in [3.8, 4) is 11.4 Å². The van der Waals surface area contributed by atoms with Crippen LogP contribution in [0.5, 0.6) is 0 Å². The fourth-order valence-corrected chi connectivity index (χ4v) is 3.17. The Morgan fingerprint density at radius 3 is 3.29 bits per heavy atom. The van der Waals surface area contributed by atoms with E-state index >= 15 is 0 Å². The van der Waals surface area contributed by atoms with Crippen LogP contribution in [0.15, 0.2) is 11.4 Å². The molecule has 1 fully saturated rings. The molecule has 1 saturated heterocycles. The van der Waals surface area contributed by atoms with Crippen LogP contribution in [-0.4, -0.2) is 46.3 Å². The van der Waals surface area contributed by atoms with Crippen molar-refractivity contribution in [1.82, 2.24) is 25.9 Å². The van der Waals surface area contributed by atoms with Crippen molar-refractivity contribution in [3.63, 3.8) is 0 Å². The Labute approximate surface area is 126 Å². The minimum atomic E-state index is -0.0496. The number of hydrogen-bond donors (Lipinski definition) is 2. The summed E-state index contributed by atoms with van der Waals surface area (Å²) in [5.74, 6) is 1.02. The maximum atomic E-state index is 12.1. The second-order valence-corrected chi connectivity index (χ2v) is 5.97. The van der Waals surface area contributed by atoms with Gasteiger partial charge in [-0.1, -0.05) is 0 Å². The summed E-state index contributed by atoms with van der Waals surface area (Å²) in [5, 5.41) is 18.5. The molecule has 21 heavy (non-hydrogen) atoms. The molecule has 3 heterocycles. The van der Waals surface area contributed by atoms with Crippen LogP contribution >= 0.6 is 11.3 Å². The molecule has 1 unspecified atom stereocenters. The Hall–Kier alpha value is -1.80. The van der Waals surface area contributed by atoms with Gasteiger partial charge in [0, 0.05) is 30.7 Å². The van der Waals surface area contributed by atoms with Gasteiger partial charge in [0.1, 0.15) is 0 Å². The molecular formula is C13H17N5O2S. The number of amides is 1. The summed E-state index contributed by atoms with van der Waals surface area (Å²) in [4.78, 5) is 12.7. The van der Waals surface area contributed by atoms with E-state index in [9.17, 15) is 4.79 Å². The van der Waals surface area contributed by atoms with Crippen molar-refractivity contribution in [2.75, 3.05) is 19.8 Å². The smallest absolute Gasteiger partial charge is 0.261 e. The molecule has 0 bridgehead atoms. The number of aromatic amines is 1. The van der Waals surface area contributed by atoms with E-state index in [1.165, 1.54) is 17.8 Å². The van der Waals surface area contributed by atoms with Gasteiger partial charge in [-0.2, -0.15) is 5.21 Å². The number of carbonyl (C=O) groups is 1. The number of H-pyrrole nitrogens is 1. The monoisotopic (exact) mass is 307 g/mol. The van der Waals surface area contributed by atoms with Gasteiger partial charge in [0.15, 0.2) is 0 Å². The molecule has 0 radical (unpaired) electrons. The summed E-state index contributed by atoms with van der Waals surface area (Å²) in [6.45, 7) is 2.37. The average molecular weight is 307 g/mol. The first kappa shape index (κ1) is 14.2. The second kappa shape index (κ2) is 6.77. The number of hydrogen-bond acceptors (Lipinski definition) is 6. The van der Waals surface area contributed by atoms with Gasteiger partial charge in [-0.15, -0.1) is 21.5 Å². The van der Waals surface area contributed by atoms with Crippen molar-refractivity contribution in [3.05, 3.63) is 16.3 Å². The van der Waals surface area contributed by atoms with E-state index in [0.717, 1.165) is 31.6 Å². The molecule has 1 amide bonds. The van der Waals surface area contributed by atoms with E-state index in [0.29, 0.717) is 23.2 Å². The molecule has 2 aromatic heterocycles. The summed E-state index contributed by atoms with van der Waals surface area (Å²) in [6.07, 6.45) is 3.28. The quantitative estimate of drug-likeness (QED) is 0.872. The van der Waals surface area contributed by atoms with Crippen LogP contribution in [0, 0.1) is 5.92 Å². The average Bonchev–Trinajstić information content (AvgIpc) is 3.19. The molecule has 0 aromatic carbocycles. The van der Waals surface area contributed by atoms with E-state index in [-0.39, 0.29) is 5.91 Å². The molecule has 112 valence electrons. The third kappa shape index (κ3) is 3.64. The van der Waals surface area contributed by atoms with E-state index in [1.54, 1.807) is 6.07 Å². The van der Waals surface area contributed by atoms with Gasteiger partial charge >= 0.3 is 0 Å². The fraction of sp³-hybridized carbons (Fsp3) is 0.538. The summed E-state index contributed by atoms with van der Waals surface area (Å²) < 4.78 is 5.44. The van der Waals surface area contributed by atoms with E-state index in [2.05, 4.69) is 25.9 Å². The summed E-state index contributed by atoms with van der Waals surface area (Å²) >= 11 is 1.38. The number of aromatic nitrogens is 4. The molecule has 0 spiro atoms. The Bertz CT molecular complexity index is 577. The summed E-state index contributed by atoms with van der Waals surface area (Å²) in [6, 6.07) is 1.79. The Morgan fingerprint density at radius 1 is 1.57 bits per heavy atom. The molecular weight excluding hydrogens is 290 g/mol. The zero-order valence-corrected chi connectivity index (χ0v) is 12.4. The van der Waals surface area contributed by atoms with Crippen LogP contribution in [0.25, 0.3) is 11.4 Å². The minimum absolute atomic E-state index is 0.0496. The third-order valence-corrected chi connectivity index (χ3v) is 4.45. The van der Waals surface area contributed by atoms with E-state index in [4.69, 9.17) is 4.74 Å². The van der Waals surface area contributed by atoms with Gasteiger partial charge in [0.05, 0.1) is 4.88 Å². The highest BCUT2D eigenvalue weighted by atomic mass is 32.1. The number of carbonyl (C=O) groups excluding carboxylic acids is 1. The zero-order valence-electron chi connectivity index (χ0n) is 11.5. The lowest BCUT2D eigenvalue weighted by Crippen LogP contribution is -2.27. The van der Waals surface area contributed by atoms with Gasteiger partial charge < -0.3 is 10.1 Å². The first-order valence-corrected chi connectivity index (χ1v) is 7.89. The van der Waals surface area contributed by atoms with Crippen LogP contribution < -0.4 is 5.32 Å². The third-order valence-electron chi connectivity index (χ3n) is 3.52. The second-order valence-electron chi connectivity index (χ2n) is 5.06. The first-order valence-electron chi connectivity index (χ1n) is 7.01. The normalized spacial score (nSPS) is 18.6. The van der Waals surface area contributed by atoms with Gasteiger partial charge in [-0.25, -0.2) is 0 Å². The van der Waals surface area contributed by atoms with Crippen LogP contribution in [0.4, 0.5) is 0 Å². The SMILES string of the molecule is O=C(NCCC1CCCOC1)c1cc(-c2nn[nH]n2)cs1. The molecule has 7 nitrogen and oxygen atoms in total.